The summed E-state index contributed by atoms with van der Waals surface area (Å²) in [6.07, 6.45) is 2.85. The molecule has 1 saturated heterocycles. The molecule has 0 saturated carbocycles. The minimum atomic E-state index is -0.665. The maximum Gasteiger partial charge on any atom is 0.168 e. The Balaban J connectivity index is 1.36. The SMILES string of the molecule is COc1ccccc1CCc1ccc(-c2ccc(CN3CC(F)C3)cc2)c2nncn12. The standard InChI is InChI=1S/C25H25FN4O/c1-31-24-5-3-2-4-20(24)10-11-22-12-13-23(25-28-27-17-30(22)25)19-8-6-18(7-9-19)14-29-15-21(26)16-29/h2-9,12-13,17,21H,10-11,14-16H2,1H3. The molecule has 5 nitrogen and oxygen atoms in total. The number of halogens is 1. The molecular weight excluding hydrogens is 391 g/mol. The molecule has 158 valence electrons. The van der Waals surface area contributed by atoms with Gasteiger partial charge in [-0.05, 0) is 47.7 Å². The Labute approximate surface area is 181 Å². The predicted molar refractivity (Wildman–Crippen MR) is 119 cm³/mol. The molecule has 0 amide bonds. The van der Waals surface area contributed by atoms with Gasteiger partial charge in [0, 0.05) is 30.9 Å². The summed E-state index contributed by atoms with van der Waals surface area (Å²) >= 11 is 0. The number of hydrogen-bond acceptors (Lipinski definition) is 4. The van der Waals surface area contributed by atoms with Gasteiger partial charge >= 0.3 is 0 Å². The lowest BCUT2D eigenvalue weighted by molar-refractivity contribution is 0.0591. The van der Waals surface area contributed by atoms with E-state index < -0.39 is 6.17 Å². The Kier molecular flexibility index (Phi) is 5.38. The van der Waals surface area contributed by atoms with Gasteiger partial charge in [-0.2, -0.15) is 0 Å². The summed E-state index contributed by atoms with van der Waals surface area (Å²) in [5.41, 5.74) is 6.55. The van der Waals surface area contributed by atoms with Gasteiger partial charge in [0.05, 0.1) is 7.11 Å². The largest absolute Gasteiger partial charge is 0.496 e. The van der Waals surface area contributed by atoms with Crippen molar-refractivity contribution in [1.29, 1.82) is 0 Å². The fourth-order valence-corrected chi connectivity index (χ4v) is 4.25. The molecule has 5 rings (SSSR count). The number of fused-ring (bicyclic) bond motifs is 1. The highest BCUT2D eigenvalue weighted by molar-refractivity contribution is 5.77. The zero-order valence-electron chi connectivity index (χ0n) is 17.5. The van der Waals surface area contributed by atoms with E-state index in [0.29, 0.717) is 13.1 Å². The molecule has 3 heterocycles. The number of pyridine rings is 1. The van der Waals surface area contributed by atoms with Crippen molar-refractivity contribution in [2.24, 2.45) is 0 Å². The first-order chi connectivity index (χ1) is 15.2. The number of likely N-dealkylation sites (tertiary alicyclic amines) is 1. The van der Waals surface area contributed by atoms with Crippen LogP contribution in [0.4, 0.5) is 4.39 Å². The molecule has 0 N–H and O–H groups in total. The third-order valence-corrected chi connectivity index (χ3v) is 5.97. The van der Waals surface area contributed by atoms with E-state index in [1.807, 2.05) is 18.2 Å². The lowest BCUT2D eigenvalue weighted by Gasteiger charge is -2.34. The minimum Gasteiger partial charge on any atom is -0.496 e. The topological polar surface area (TPSA) is 42.7 Å². The van der Waals surface area contributed by atoms with Crippen LogP contribution in [0.15, 0.2) is 67.0 Å². The van der Waals surface area contributed by atoms with Crippen LogP contribution in [0.5, 0.6) is 5.75 Å². The van der Waals surface area contributed by atoms with Crippen molar-refractivity contribution in [3.8, 4) is 16.9 Å². The van der Waals surface area contributed by atoms with Gasteiger partial charge in [-0.15, -0.1) is 10.2 Å². The lowest BCUT2D eigenvalue weighted by atomic mass is 10.0. The van der Waals surface area contributed by atoms with Crippen LogP contribution in [-0.2, 0) is 19.4 Å². The summed E-state index contributed by atoms with van der Waals surface area (Å²) < 4.78 is 20.6. The quantitative estimate of drug-likeness (QED) is 0.449. The summed E-state index contributed by atoms with van der Waals surface area (Å²) in [6.45, 7) is 1.87. The molecule has 1 aliphatic rings. The van der Waals surface area contributed by atoms with E-state index in [-0.39, 0.29) is 0 Å². The molecular formula is C25H25FN4O. The van der Waals surface area contributed by atoms with Gasteiger partial charge in [0.15, 0.2) is 5.65 Å². The monoisotopic (exact) mass is 416 g/mol. The smallest absolute Gasteiger partial charge is 0.168 e. The van der Waals surface area contributed by atoms with Crippen molar-refractivity contribution in [2.75, 3.05) is 20.2 Å². The van der Waals surface area contributed by atoms with E-state index >= 15 is 0 Å². The number of alkyl halides is 1. The first-order valence-corrected chi connectivity index (χ1v) is 10.6. The highest BCUT2D eigenvalue weighted by atomic mass is 19.1. The minimum absolute atomic E-state index is 0.540. The number of hydrogen-bond donors (Lipinski definition) is 0. The Morgan fingerprint density at radius 2 is 1.81 bits per heavy atom. The predicted octanol–water partition coefficient (Wildman–Crippen LogP) is 4.34. The Morgan fingerprint density at radius 1 is 1.00 bits per heavy atom. The van der Waals surface area contributed by atoms with Gasteiger partial charge in [-0.1, -0.05) is 42.5 Å². The second kappa shape index (κ2) is 8.47. The van der Waals surface area contributed by atoms with Crippen molar-refractivity contribution in [3.63, 3.8) is 0 Å². The molecule has 6 heteroatoms. The first-order valence-electron chi connectivity index (χ1n) is 10.6. The summed E-state index contributed by atoms with van der Waals surface area (Å²) in [4.78, 5) is 2.12. The molecule has 4 aromatic rings. The van der Waals surface area contributed by atoms with Crippen LogP contribution in [0.2, 0.25) is 0 Å². The van der Waals surface area contributed by atoms with Crippen LogP contribution in [0.25, 0.3) is 16.8 Å². The van der Waals surface area contributed by atoms with Gasteiger partial charge in [-0.25, -0.2) is 4.39 Å². The number of methoxy groups -OCH3 is 1. The van der Waals surface area contributed by atoms with Crippen LogP contribution in [0, 0.1) is 0 Å². The van der Waals surface area contributed by atoms with E-state index in [0.717, 1.165) is 47.6 Å². The maximum atomic E-state index is 13.0. The van der Waals surface area contributed by atoms with Crippen molar-refractivity contribution < 1.29 is 9.13 Å². The zero-order valence-corrected chi connectivity index (χ0v) is 17.5. The number of aryl methyl sites for hydroxylation is 2. The second-order valence-electron chi connectivity index (χ2n) is 8.06. The number of aromatic nitrogens is 3. The van der Waals surface area contributed by atoms with Gasteiger partial charge in [-0.3, -0.25) is 9.30 Å². The molecule has 1 aliphatic heterocycles. The first kappa shape index (κ1) is 19.7. The number of nitrogens with zero attached hydrogens (tertiary/aromatic N) is 4. The third-order valence-electron chi connectivity index (χ3n) is 5.97. The Morgan fingerprint density at radius 3 is 2.58 bits per heavy atom. The zero-order chi connectivity index (χ0) is 21.2. The molecule has 0 unspecified atom stereocenters. The third kappa shape index (κ3) is 4.03. The summed E-state index contributed by atoms with van der Waals surface area (Å²) in [5.74, 6) is 0.916. The average Bonchev–Trinajstić information content (AvgIpc) is 3.27. The van der Waals surface area contributed by atoms with Crippen molar-refractivity contribution in [1.82, 2.24) is 19.5 Å². The number of benzene rings is 2. The van der Waals surface area contributed by atoms with Crippen molar-refractivity contribution >= 4 is 5.65 Å². The van der Waals surface area contributed by atoms with Crippen LogP contribution in [0.1, 0.15) is 16.8 Å². The molecule has 2 aromatic carbocycles. The summed E-state index contributed by atoms with van der Waals surface area (Å²) in [7, 11) is 1.71. The van der Waals surface area contributed by atoms with Crippen LogP contribution in [0.3, 0.4) is 0 Å². The fourth-order valence-electron chi connectivity index (χ4n) is 4.25. The van der Waals surface area contributed by atoms with E-state index in [4.69, 9.17) is 4.74 Å². The highest BCUT2D eigenvalue weighted by Crippen LogP contribution is 2.27. The average molecular weight is 417 g/mol. The van der Waals surface area contributed by atoms with Gasteiger partial charge in [0.2, 0.25) is 0 Å². The summed E-state index contributed by atoms with van der Waals surface area (Å²) in [5, 5.41) is 8.55. The van der Waals surface area contributed by atoms with E-state index in [9.17, 15) is 4.39 Å². The van der Waals surface area contributed by atoms with Gasteiger partial charge in [0.25, 0.3) is 0 Å². The maximum absolute atomic E-state index is 13.0. The van der Waals surface area contributed by atoms with E-state index in [1.165, 1.54) is 11.1 Å². The van der Waals surface area contributed by atoms with Crippen molar-refractivity contribution in [3.05, 3.63) is 83.8 Å². The van der Waals surface area contributed by atoms with Gasteiger partial charge < -0.3 is 4.74 Å². The highest BCUT2D eigenvalue weighted by Gasteiger charge is 2.25. The normalized spacial score (nSPS) is 14.6. The molecule has 0 aliphatic carbocycles. The molecule has 31 heavy (non-hydrogen) atoms. The van der Waals surface area contributed by atoms with Crippen LogP contribution >= 0.6 is 0 Å². The molecule has 0 radical (unpaired) electrons. The number of ether oxygens (including phenoxy) is 1. The number of rotatable bonds is 7. The Hall–Kier alpha value is -3.25. The van der Waals surface area contributed by atoms with E-state index in [1.54, 1.807) is 13.4 Å². The Bertz CT molecular complexity index is 1180. The molecule has 0 bridgehead atoms. The lowest BCUT2D eigenvalue weighted by Crippen LogP contribution is -2.47. The molecule has 2 aromatic heterocycles. The number of para-hydroxylation sites is 1. The van der Waals surface area contributed by atoms with Gasteiger partial charge in [0.1, 0.15) is 18.2 Å². The fraction of sp³-hybridized carbons (Fsp3) is 0.280. The molecule has 0 atom stereocenters. The van der Waals surface area contributed by atoms with Crippen LogP contribution < -0.4 is 4.74 Å². The summed E-state index contributed by atoms with van der Waals surface area (Å²) in [6, 6.07) is 20.9. The van der Waals surface area contributed by atoms with Crippen LogP contribution in [-0.4, -0.2) is 45.9 Å². The van der Waals surface area contributed by atoms with Crippen molar-refractivity contribution in [2.45, 2.75) is 25.6 Å². The molecule has 0 spiro atoms. The second-order valence-corrected chi connectivity index (χ2v) is 8.06. The molecule has 1 fully saturated rings. The van der Waals surface area contributed by atoms with E-state index in [2.05, 4.69) is 62.0 Å².